The van der Waals surface area contributed by atoms with E-state index in [2.05, 4.69) is 33.8 Å². The molecular weight excluding hydrogens is 258 g/mol. The van der Waals surface area contributed by atoms with E-state index in [1.807, 2.05) is 18.2 Å². The van der Waals surface area contributed by atoms with Crippen LogP contribution < -0.4 is 0 Å². The molecular formula is C15H22BClO2. The molecule has 1 saturated heterocycles. The van der Waals surface area contributed by atoms with Crippen LogP contribution in [0.25, 0.3) is 0 Å². The fourth-order valence-electron chi connectivity index (χ4n) is 2.55. The zero-order valence-corrected chi connectivity index (χ0v) is 13.0. The van der Waals surface area contributed by atoms with Gasteiger partial charge in [-0.1, -0.05) is 37.1 Å². The molecule has 1 unspecified atom stereocenters. The van der Waals surface area contributed by atoms with Crippen molar-refractivity contribution in [2.45, 2.75) is 58.1 Å². The maximum absolute atomic E-state index is 6.18. The highest BCUT2D eigenvalue weighted by Crippen LogP contribution is 2.40. The van der Waals surface area contributed by atoms with E-state index in [9.17, 15) is 0 Å². The Morgan fingerprint density at radius 2 is 1.95 bits per heavy atom. The summed E-state index contributed by atoms with van der Waals surface area (Å²) in [4.78, 5) is 0. The van der Waals surface area contributed by atoms with Crippen LogP contribution in [0.1, 0.15) is 39.7 Å². The first-order valence-electron chi connectivity index (χ1n) is 6.96. The first-order valence-corrected chi connectivity index (χ1v) is 7.34. The lowest BCUT2D eigenvalue weighted by Crippen LogP contribution is -2.46. The van der Waals surface area contributed by atoms with Crippen LogP contribution in [-0.4, -0.2) is 18.3 Å². The lowest BCUT2D eigenvalue weighted by molar-refractivity contribution is -0.00877. The Morgan fingerprint density at radius 1 is 1.21 bits per heavy atom. The van der Waals surface area contributed by atoms with Crippen LogP contribution in [-0.2, 0) is 15.7 Å². The van der Waals surface area contributed by atoms with E-state index in [0.717, 1.165) is 24.2 Å². The second-order valence-electron chi connectivity index (χ2n) is 6.00. The summed E-state index contributed by atoms with van der Waals surface area (Å²) >= 11 is 6.05. The molecule has 1 aliphatic rings. The smallest absolute Gasteiger partial charge is 0.403 e. The Kier molecular flexibility index (Phi) is 4.29. The third kappa shape index (κ3) is 3.15. The van der Waals surface area contributed by atoms with Crippen molar-refractivity contribution in [3.8, 4) is 0 Å². The van der Waals surface area contributed by atoms with Gasteiger partial charge >= 0.3 is 7.12 Å². The van der Waals surface area contributed by atoms with Gasteiger partial charge in [0.15, 0.2) is 0 Å². The zero-order chi connectivity index (χ0) is 14.1. The average molecular weight is 281 g/mol. The highest BCUT2D eigenvalue weighted by atomic mass is 35.5. The van der Waals surface area contributed by atoms with E-state index in [1.54, 1.807) is 0 Å². The van der Waals surface area contributed by atoms with E-state index in [-0.39, 0.29) is 18.3 Å². The van der Waals surface area contributed by atoms with Crippen LogP contribution in [0.15, 0.2) is 24.3 Å². The predicted molar refractivity (Wildman–Crippen MR) is 80.7 cm³/mol. The monoisotopic (exact) mass is 280 g/mol. The summed E-state index contributed by atoms with van der Waals surface area (Å²) in [6, 6.07) is 7.96. The van der Waals surface area contributed by atoms with E-state index in [1.165, 1.54) is 5.56 Å². The molecule has 0 saturated carbocycles. The summed E-state index contributed by atoms with van der Waals surface area (Å²) in [7, 11) is -0.0933. The summed E-state index contributed by atoms with van der Waals surface area (Å²) in [5.41, 5.74) is 0.566. The summed E-state index contributed by atoms with van der Waals surface area (Å²) in [6.07, 6.45) is 2.81. The topological polar surface area (TPSA) is 18.5 Å². The van der Waals surface area contributed by atoms with Crippen molar-refractivity contribution in [2.24, 2.45) is 0 Å². The number of halogens is 1. The highest BCUT2D eigenvalue weighted by Gasteiger charge is 2.53. The van der Waals surface area contributed by atoms with Crippen molar-refractivity contribution in [1.82, 2.24) is 0 Å². The number of benzene rings is 1. The minimum absolute atomic E-state index is 0.0933. The SMILES string of the molecule is CCCB1OC(C)(C)C(C)(Cc2cccc(Cl)c2)O1. The van der Waals surface area contributed by atoms with E-state index < -0.39 is 0 Å². The van der Waals surface area contributed by atoms with Crippen molar-refractivity contribution in [3.63, 3.8) is 0 Å². The van der Waals surface area contributed by atoms with Gasteiger partial charge in [-0.3, -0.25) is 0 Å². The van der Waals surface area contributed by atoms with Gasteiger partial charge in [-0.05, 0) is 44.8 Å². The summed E-state index contributed by atoms with van der Waals surface area (Å²) in [5, 5.41) is 0.767. The third-order valence-electron chi connectivity index (χ3n) is 4.05. The number of rotatable bonds is 4. The molecule has 1 fully saturated rings. The van der Waals surface area contributed by atoms with Crippen molar-refractivity contribution >= 4 is 18.7 Å². The summed E-state index contributed by atoms with van der Waals surface area (Å²) in [6.45, 7) is 8.48. The van der Waals surface area contributed by atoms with Crippen LogP contribution in [0.4, 0.5) is 0 Å². The summed E-state index contributed by atoms with van der Waals surface area (Å²) in [5.74, 6) is 0. The van der Waals surface area contributed by atoms with Gasteiger partial charge in [0.25, 0.3) is 0 Å². The largest absolute Gasteiger partial charge is 0.457 e. The van der Waals surface area contributed by atoms with Crippen molar-refractivity contribution in [3.05, 3.63) is 34.9 Å². The maximum atomic E-state index is 6.18. The quantitative estimate of drug-likeness (QED) is 0.763. The van der Waals surface area contributed by atoms with Gasteiger partial charge in [0, 0.05) is 11.4 Å². The van der Waals surface area contributed by atoms with Gasteiger partial charge in [-0.25, -0.2) is 0 Å². The van der Waals surface area contributed by atoms with Crippen molar-refractivity contribution in [2.75, 3.05) is 0 Å². The lowest BCUT2D eigenvalue weighted by Gasteiger charge is -2.36. The molecule has 2 rings (SSSR count). The molecule has 1 aliphatic heterocycles. The van der Waals surface area contributed by atoms with Crippen LogP contribution in [0, 0.1) is 0 Å². The Bertz CT molecular complexity index is 450. The van der Waals surface area contributed by atoms with Crippen molar-refractivity contribution in [1.29, 1.82) is 0 Å². The van der Waals surface area contributed by atoms with Gasteiger partial charge in [0.05, 0.1) is 11.2 Å². The molecule has 0 radical (unpaired) electrons. The van der Waals surface area contributed by atoms with Gasteiger partial charge in [-0.2, -0.15) is 0 Å². The zero-order valence-electron chi connectivity index (χ0n) is 12.2. The first kappa shape index (κ1) is 14.9. The first-order chi connectivity index (χ1) is 8.86. The van der Waals surface area contributed by atoms with Crippen LogP contribution in [0.3, 0.4) is 0 Å². The number of hydrogen-bond acceptors (Lipinski definition) is 2. The fraction of sp³-hybridized carbons (Fsp3) is 0.600. The molecule has 1 aromatic carbocycles. The second-order valence-corrected chi connectivity index (χ2v) is 6.44. The molecule has 2 nitrogen and oxygen atoms in total. The lowest BCUT2D eigenvalue weighted by atomic mass is 9.82. The molecule has 0 N–H and O–H groups in total. The molecule has 4 heteroatoms. The maximum Gasteiger partial charge on any atom is 0.457 e. The van der Waals surface area contributed by atoms with Crippen molar-refractivity contribution < 1.29 is 9.31 Å². The summed E-state index contributed by atoms with van der Waals surface area (Å²) < 4.78 is 12.2. The number of hydrogen-bond donors (Lipinski definition) is 0. The molecule has 19 heavy (non-hydrogen) atoms. The van der Waals surface area contributed by atoms with Crippen LogP contribution in [0.2, 0.25) is 11.3 Å². The molecule has 1 aromatic rings. The fourth-order valence-corrected chi connectivity index (χ4v) is 2.77. The molecule has 0 bridgehead atoms. The Hall–Kier alpha value is -0.505. The normalized spacial score (nSPS) is 25.8. The molecule has 104 valence electrons. The third-order valence-corrected chi connectivity index (χ3v) is 4.28. The van der Waals surface area contributed by atoms with E-state index in [0.29, 0.717) is 0 Å². The minimum atomic E-state index is -0.322. The van der Waals surface area contributed by atoms with Gasteiger partial charge in [0.2, 0.25) is 0 Å². The van der Waals surface area contributed by atoms with Crippen LogP contribution in [0.5, 0.6) is 0 Å². The minimum Gasteiger partial charge on any atom is -0.403 e. The van der Waals surface area contributed by atoms with Crippen LogP contribution >= 0.6 is 11.6 Å². The molecule has 0 spiro atoms. The van der Waals surface area contributed by atoms with Gasteiger partial charge in [0.1, 0.15) is 0 Å². The second kappa shape index (κ2) is 5.47. The molecule has 0 aromatic heterocycles. The van der Waals surface area contributed by atoms with Gasteiger partial charge in [-0.15, -0.1) is 0 Å². The molecule has 1 atom stereocenters. The van der Waals surface area contributed by atoms with E-state index in [4.69, 9.17) is 20.9 Å². The average Bonchev–Trinajstić information content (AvgIpc) is 2.49. The molecule has 1 heterocycles. The standard InChI is InChI=1S/C15H22BClO2/c1-5-9-16-18-14(2,3)15(4,19-16)11-12-7-6-8-13(17)10-12/h6-8,10H,5,9,11H2,1-4H3. The Balaban J connectivity index is 2.17. The van der Waals surface area contributed by atoms with Gasteiger partial charge < -0.3 is 9.31 Å². The Labute approximate surface area is 121 Å². The highest BCUT2D eigenvalue weighted by molar-refractivity contribution is 6.45. The predicted octanol–water partition coefficient (Wildman–Crippen LogP) is 4.36. The molecule has 0 aliphatic carbocycles. The Morgan fingerprint density at radius 3 is 2.58 bits per heavy atom. The van der Waals surface area contributed by atoms with E-state index >= 15 is 0 Å². The molecule has 0 amide bonds.